The van der Waals surface area contributed by atoms with Gasteiger partial charge in [-0.05, 0) is 32.0 Å². The van der Waals surface area contributed by atoms with E-state index in [1.54, 1.807) is 0 Å². The highest BCUT2D eigenvalue weighted by atomic mass is 35.5. The van der Waals surface area contributed by atoms with Crippen LogP contribution in [0, 0.1) is 5.92 Å². The van der Waals surface area contributed by atoms with E-state index in [9.17, 15) is 22.4 Å². The van der Waals surface area contributed by atoms with Gasteiger partial charge in [0, 0.05) is 12.0 Å². The second-order valence-electron chi connectivity index (χ2n) is 5.25. The van der Waals surface area contributed by atoms with Crippen LogP contribution in [0.4, 0.5) is 23.2 Å². The largest absolute Gasteiger partial charge is 0.471 e. The van der Waals surface area contributed by atoms with E-state index < -0.39 is 19.0 Å². The standard InChI is InChI=1S/C14H17F4N3O2.ClH/c15-13(16)14(17,18)8-23-11-2-1-10(7-20-11)21-12(22)9-3-5-19-6-4-9;/h1-2,7,9,13,19H,3-6,8H2,(H,21,22);1H. The van der Waals surface area contributed by atoms with Crippen molar-refractivity contribution < 1.29 is 27.1 Å². The van der Waals surface area contributed by atoms with E-state index in [1.165, 1.54) is 18.3 Å². The maximum absolute atomic E-state index is 12.7. The van der Waals surface area contributed by atoms with Crippen molar-refractivity contribution in [2.24, 2.45) is 5.92 Å². The predicted molar refractivity (Wildman–Crippen MR) is 82.2 cm³/mol. The Labute approximate surface area is 142 Å². The molecule has 24 heavy (non-hydrogen) atoms. The molecule has 0 unspecified atom stereocenters. The number of hydrogen-bond acceptors (Lipinski definition) is 4. The van der Waals surface area contributed by atoms with Gasteiger partial charge in [-0.1, -0.05) is 0 Å². The van der Waals surface area contributed by atoms with Crippen LogP contribution < -0.4 is 15.4 Å². The average molecular weight is 372 g/mol. The number of ether oxygens (including phenoxy) is 1. The van der Waals surface area contributed by atoms with Crippen LogP contribution in [0.15, 0.2) is 18.3 Å². The molecule has 0 radical (unpaired) electrons. The number of nitrogens with zero attached hydrogens (tertiary/aromatic N) is 1. The third-order valence-corrected chi connectivity index (χ3v) is 3.45. The van der Waals surface area contributed by atoms with Crippen molar-refractivity contribution in [2.45, 2.75) is 25.2 Å². The number of amides is 1. The number of carbonyl (C=O) groups excluding carboxylic acids is 1. The smallest absolute Gasteiger partial charge is 0.340 e. The zero-order chi connectivity index (χ0) is 16.9. The Kier molecular flexibility index (Phi) is 7.68. The topological polar surface area (TPSA) is 63.2 Å². The molecule has 2 heterocycles. The molecule has 1 fully saturated rings. The van der Waals surface area contributed by atoms with Crippen LogP contribution in [0.2, 0.25) is 0 Å². The minimum atomic E-state index is -4.23. The summed E-state index contributed by atoms with van der Waals surface area (Å²) in [5, 5.41) is 5.83. The number of anilines is 1. The number of piperidine rings is 1. The fourth-order valence-electron chi connectivity index (χ4n) is 2.10. The summed E-state index contributed by atoms with van der Waals surface area (Å²) in [6.07, 6.45) is -1.09. The number of pyridine rings is 1. The Morgan fingerprint density at radius 1 is 1.38 bits per heavy atom. The van der Waals surface area contributed by atoms with Gasteiger partial charge in [0.25, 0.3) is 0 Å². The summed E-state index contributed by atoms with van der Waals surface area (Å²) < 4.78 is 54.0. The van der Waals surface area contributed by atoms with Crippen LogP contribution in [0.3, 0.4) is 0 Å². The number of rotatable bonds is 6. The Morgan fingerprint density at radius 2 is 2.04 bits per heavy atom. The van der Waals surface area contributed by atoms with Gasteiger partial charge in [0.15, 0.2) is 6.61 Å². The number of carbonyl (C=O) groups is 1. The fraction of sp³-hybridized carbons (Fsp3) is 0.571. The highest BCUT2D eigenvalue weighted by Gasteiger charge is 2.41. The second kappa shape index (κ2) is 9.03. The van der Waals surface area contributed by atoms with Gasteiger partial charge in [0.1, 0.15) is 0 Å². The summed E-state index contributed by atoms with van der Waals surface area (Å²) in [5.74, 6) is -4.67. The molecule has 0 spiro atoms. The number of halogens is 5. The predicted octanol–water partition coefficient (Wildman–Crippen LogP) is 2.72. The van der Waals surface area contributed by atoms with Crippen molar-refractivity contribution in [3.63, 3.8) is 0 Å². The molecular weight excluding hydrogens is 354 g/mol. The Hall–Kier alpha value is -1.61. The lowest BCUT2D eigenvalue weighted by atomic mass is 9.97. The van der Waals surface area contributed by atoms with Gasteiger partial charge in [-0.25, -0.2) is 13.8 Å². The van der Waals surface area contributed by atoms with Crippen LogP contribution in [0.25, 0.3) is 0 Å². The first-order valence-electron chi connectivity index (χ1n) is 7.15. The van der Waals surface area contributed by atoms with E-state index in [2.05, 4.69) is 20.4 Å². The molecule has 0 aromatic carbocycles. The van der Waals surface area contributed by atoms with Gasteiger partial charge in [0.05, 0.1) is 11.9 Å². The van der Waals surface area contributed by atoms with Gasteiger partial charge in [-0.15, -0.1) is 12.4 Å². The summed E-state index contributed by atoms with van der Waals surface area (Å²) in [6.45, 7) is 0.0986. The molecule has 1 aliphatic rings. The minimum absolute atomic E-state index is 0. The lowest BCUT2D eigenvalue weighted by Crippen LogP contribution is -2.34. The van der Waals surface area contributed by atoms with E-state index in [0.29, 0.717) is 5.69 Å². The Morgan fingerprint density at radius 3 is 2.58 bits per heavy atom. The molecule has 1 aliphatic heterocycles. The van der Waals surface area contributed by atoms with Gasteiger partial charge in [-0.2, -0.15) is 8.78 Å². The fourth-order valence-corrected chi connectivity index (χ4v) is 2.10. The molecule has 1 aromatic heterocycles. The van der Waals surface area contributed by atoms with Crippen molar-refractivity contribution in [3.8, 4) is 5.88 Å². The first-order chi connectivity index (χ1) is 10.9. The summed E-state index contributed by atoms with van der Waals surface area (Å²) in [5.41, 5.74) is 0.390. The molecule has 1 aromatic rings. The van der Waals surface area contributed by atoms with Gasteiger partial charge < -0.3 is 15.4 Å². The first kappa shape index (κ1) is 20.4. The van der Waals surface area contributed by atoms with Crippen LogP contribution in [0.5, 0.6) is 5.88 Å². The van der Waals surface area contributed by atoms with Crippen LogP contribution in [-0.4, -0.2) is 42.9 Å². The maximum Gasteiger partial charge on any atom is 0.340 e. The van der Waals surface area contributed by atoms with Crippen LogP contribution in [-0.2, 0) is 4.79 Å². The normalized spacial score (nSPS) is 15.7. The maximum atomic E-state index is 12.7. The van der Waals surface area contributed by atoms with Crippen molar-refractivity contribution in [3.05, 3.63) is 18.3 Å². The van der Waals surface area contributed by atoms with Crippen LogP contribution >= 0.6 is 12.4 Å². The van der Waals surface area contributed by atoms with Gasteiger partial charge >= 0.3 is 12.3 Å². The molecule has 0 aliphatic carbocycles. The molecule has 1 amide bonds. The summed E-state index contributed by atoms with van der Waals surface area (Å²) in [4.78, 5) is 15.7. The molecule has 0 bridgehead atoms. The summed E-state index contributed by atoms with van der Waals surface area (Å²) in [6, 6.07) is 2.65. The van der Waals surface area contributed by atoms with Crippen LogP contribution in [0.1, 0.15) is 12.8 Å². The van der Waals surface area contributed by atoms with Crippen molar-refractivity contribution in [1.82, 2.24) is 10.3 Å². The highest BCUT2D eigenvalue weighted by Crippen LogP contribution is 2.24. The number of aromatic nitrogens is 1. The first-order valence-corrected chi connectivity index (χ1v) is 7.15. The molecule has 0 saturated carbocycles. The molecule has 2 rings (SSSR count). The molecule has 0 atom stereocenters. The lowest BCUT2D eigenvalue weighted by Gasteiger charge is -2.21. The molecule has 136 valence electrons. The molecular formula is C14H18ClF4N3O2. The molecule has 2 N–H and O–H groups in total. The number of hydrogen-bond donors (Lipinski definition) is 2. The number of alkyl halides is 4. The third-order valence-electron chi connectivity index (χ3n) is 3.45. The Bertz CT molecular complexity index is 525. The summed E-state index contributed by atoms with van der Waals surface area (Å²) >= 11 is 0. The lowest BCUT2D eigenvalue weighted by molar-refractivity contribution is -0.148. The van der Waals surface area contributed by atoms with Crippen molar-refractivity contribution in [2.75, 3.05) is 25.0 Å². The zero-order valence-electron chi connectivity index (χ0n) is 12.6. The van der Waals surface area contributed by atoms with E-state index in [0.717, 1.165) is 25.9 Å². The Balaban J connectivity index is 0.00000288. The molecule has 5 nitrogen and oxygen atoms in total. The monoisotopic (exact) mass is 371 g/mol. The van der Waals surface area contributed by atoms with Crippen molar-refractivity contribution in [1.29, 1.82) is 0 Å². The van der Waals surface area contributed by atoms with Crippen molar-refractivity contribution >= 4 is 24.0 Å². The SMILES string of the molecule is Cl.O=C(Nc1ccc(OCC(F)(F)C(F)F)nc1)C1CCNCC1. The average Bonchev–Trinajstić information content (AvgIpc) is 2.55. The quantitative estimate of drug-likeness (QED) is 0.755. The third kappa shape index (κ3) is 5.79. The van der Waals surface area contributed by atoms with E-state index in [-0.39, 0.29) is 30.1 Å². The molecule has 10 heteroatoms. The number of nitrogens with one attached hydrogen (secondary N) is 2. The minimum Gasteiger partial charge on any atom is -0.471 e. The van der Waals surface area contributed by atoms with E-state index in [1.807, 2.05) is 0 Å². The van der Waals surface area contributed by atoms with Gasteiger partial charge in [-0.3, -0.25) is 4.79 Å². The zero-order valence-corrected chi connectivity index (χ0v) is 13.4. The second-order valence-corrected chi connectivity index (χ2v) is 5.25. The van der Waals surface area contributed by atoms with E-state index in [4.69, 9.17) is 0 Å². The highest BCUT2D eigenvalue weighted by molar-refractivity contribution is 5.92. The van der Waals surface area contributed by atoms with E-state index >= 15 is 0 Å². The summed E-state index contributed by atoms with van der Waals surface area (Å²) in [7, 11) is 0. The molecule has 1 saturated heterocycles. The van der Waals surface area contributed by atoms with Gasteiger partial charge in [0.2, 0.25) is 11.8 Å².